The number of benzene rings is 4. The Hall–Kier alpha value is -4.44. The minimum absolute atomic E-state index is 0.179. The van der Waals surface area contributed by atoms with Crippen molar-refractivity contribution in [3.63, 3.8) is 0 Å². The van der Waals surface area contributed by atoms with E-state index in [0.29, 0.717) is 17.0 Å². The third-order valence-electron chi connectivity index (χ3n) is 5.71. The molecule has 0 fully saturated rings. The zero-order valence-electron chi connectivity index (χ0n) is 18.9. The molecule has 0 bridgehead atoms. The van der Waals surface area contributed by atoms with Crippen LogP contribution < -0.4 is 10.1 Å². The fraction of sp³-hybridized carbons (Fsp3) is 0.0667. The normalized spacial score (nSPS) is 10.7. The van der Waals surface area contributed by atoms with E-state index in [0.717, 1.165) is 34.3 Å². The molecule has 4 heteroatoms. The molecule has 1 aromatic heterocycles. The van der Waals surface area contributed by atoms with Gasteiger partial charge in [-0.05, 0) is 60.5 Å². The average molecular weight is 445 g/mol. The van der Waals surface area contributed by atoms with Crippen molar-refractivity contribution in [2.24, 2.45) is 0 Å². The summed E-state index contributed by atoms with van der Waals surface area (Å²) >= 11 is 0. The Morgan fingerprint density at radius 3 is 2.21 bits per heavy atom. The molecule has 5 rings (SSSR count). The molecule has 0 unspecified atom stereocenters. The topological polar surface area (TPSA) is 51.2 Å². The van der Waals surface area contributed by atoms with Gasteiger partial charge >= 0.3 is 0 Å². The number of hydrogen-bond acceptors (Lipinski definition) is 3. The van der Waals surface area contributed by atoms with Crippen LogP contribution in [-0.4, -0.2) is 10.9 Å². The standard InChI is InChI=1S/C30H24N2O2/c1-2-21-12-14-22(15-13-21)29-20-27(26-10-6-7-11-28(26)32-29)30(33)31-23-16-18-25(19-17-23)34-24-8-4-3-5-9-24/h3-20H,2H2,1H3,(H,31,33). The number of rotatable bonds is 6. The Morgan fingerprint density at radius 1 is 0.794 bits per heavy atom. The van der Waals surface area contributed by atoms with E-state index in [2.05, 4.69) is 36.5 Å². The first-order chi connectivity index (χ1) is 16.7. The fourth-order valence-corrected chi connectivity index (χ4v) is 3.85. The Balaban J connectivity index is 1.42. The molecule has 0 radical (unpaired) electrons. The van der Waals surface area contributed by atoms with Gasteiger partial charge in [-0.3, -0.25) is 4.79 Å². The molecule has 5 aromatic rings. The van der Waals surface area contributed by atoms with Crippen molar-refractivity contribution in [2.75, 3.05) is 5.32 Å². The number of aryl methyl sites for hydroxylation is 1. The number of aromatic nitrogens is 1. The summed E-state index contributed by atoms with van der Waals surface area (Å²) in [4.78, 5) is 18.1. The van der Waals surface area contributed by atoms with Gasteiger partial charge in [-0.2, -0.15) is 0 Å². The van der Waals surface area contributed by atoms with Crippen LogP contribution in [0.5, 0.6) is 11.5 Å². The number of para-hydroxylation sites is 2. The number of nitrogens with zero attached hydrogens (tertiary/aromatic N) is 1. The summed E-state index contributed by atoms with van der Waals surface area (Å²) in [6, 6.07) is 34.9. The summed E-state index contributed by atoms with van der Waals surface area (Å²) in [6.07, 6.45) is 0.980. The number of amides is 1. The van der Waals surface area contributed by atoms with Gasteiger partial charge in [-0.1, -0.05) is 67.6 Å². The maximum absolute atomic E-state index is 13.3. The number of nitrogens with one attached hydrogen (secondary N) is 1. The Morgan fingerprint density at radius 2 is 1.47 bits per heavy atom. The summed E-state index contributed by atoms with van der Waals surface area (Å²) in [6.45, 7) is 2.13. The molecule has 1 N–H and O–H groups in total. The van der Waals surface area contributed by atoms with Gasteiger partial charge in [0.1, 0.15) is 11.5 Å². The molecule has 0 aliphatic rings. The monoisotopic (exact) mass is 444 g/mol. The number of fused-ring (bicyclic) bond motifs is 1. The molecule has 0 atom stereocenters. The smallest absolute Gasteiger partial charge is 0.256 e. The number of ether oxygens (including phenoxy) is 1. The predicted molar refractivity (Wildman–Crippen MR) is 137 cm³/mol. The average Bonchev–Trinajstić information content (AvgIpc) is 2.90. The van der Waals surface area contributed by atoms with Gasteiger partial charge in [0.05, 0.1) is 16.8 Å². The number of anilines is 1. The van der Waals surface area contributed by atoms with Crippen LogP contribution in [0.25, 0.3) is 22.2 Å². The second kappa shape index (κ2) is 9.59. The highest BCUT2D eigenvalue weighted by Gasteiger charge is 2.14. The van der Waals surface area contributed by atoms with E-state index in [1.807, 2.05) is 84.9 Å². The van der Waals surface area contributed by atoms with E-state index in [1.54, 1.807) is 0 Å². The van der Waals surface area contributed by atoms with Gasteiger partial charge in [0.25, 0.3) is 5.91 Å². The van der Waals surface area contributed by atoms with Crippen LogP contribution in [0.1, 0.15) is 22.8 Å². The van der Waals surface area contributed by atoms with Gasteiger partial charge in [0, 0.05) is 16.6 Å². The summed E-state index contributed by atoms with van der Waals surface area (Å²) in [5.41, 5.74) is 5.10. The SMILES string of the molecule is CCc1ccc(-c2cc(C(=O)Nc3ccc(Oc4ccccc4)cc3)c3ccccc3n2)cc1. The van der Waals surface area contributed by atoms with Crippen molar-refractivity contribution >= 4 is 22.5 Å². The molecule has 0 spiro atoms. The first-order valence-electron chi connectivity index (χ1n) is 11.3. The molecule has 4 aromatic carbocycles. The number of carbonyl (C=O) groups is 1. The van der Waals surface area contributed by atoms with Crippen LogP contribution in [0.15, 0.2) is 109 Å². The zero-order valence-corrected chi connectivity index (χ0v) is 18.9. The number of carbonyl (C=O) groups excluding carboxylic acids is 1. The van der Waals surface area contributed by atoms with Crippen LogP contribution in [0, 0.1) is 0 Å². The van der Waals surface area contributed by atoms with Crippen LogP contribution in [0.2, 0.25) is 0 Å². The van der Waals surface area contributed by atoms with E-state index in [1.165, 1.54) is 5.56 Å². The van der Waals surface area contributed by atoms with Crippen molar-refractivity contribution in [1.82, 2.24) is 4.98 Å². The Labute approximate surface area is 198 Å². The van der Waals surface area contributed by atoms with Crippen molar-refractivity contribution in [3.8, 4) is 22.8 Å². The molecule has 0 aliphatic heterocycles. The lowest BCUT2D eigenvalue weighted by Gasteiger charge is -2.12. The lowest BCUT2D eigenvalue weighted by atomic mass is 10.0. The third-order valence-corrected chi connectivity index (χ3v) is 5.71. The van der Waals surface area contributed by atoms with E-state index in [-0.39, 0.29) is 5.91 Å². The summed E-state index contributed by atoms with van der Waals surface area (Å²) < 4.78 is 5.84. The van der Waals surface area contributed by atoms with Gasteiger partial charge < -0.3 is 10.1 Å². The minimum atomic E-state index is -0.179. The van der Waals surface area contributed by atoms with E-state index in [4.69, 9.17) is 9.72 Å². The Kier molecular flexibility index (Phi) is 6.04. The maximum atomic E-state index is 13.3. The molecule has 1 heterocycles. The molecule has 4 nitrogen and oxygen atoms in total. The second-order valence-corrected chi connectivity index (χ2v) is 8.02. The molecular weight excluding hydrogens is 420 g/mol. The van der Waals surface area contributed by atoms with Crippen molar-refractivity contribution < 1.29 is 9.53 Å². The summed E-state index contributed by atoms with van der Waals surface area (Å²) in [5, 5.41) is 3.83. The molecule has 0 saturated heterocycles. The van der Waals surface area contributed by atoms with Crippen molar-refractivity contribution in [3.05, 3.63) is 120 Å². The zero-order chi connectivity index (χ0) is 23.3. The highest BCUT2D eigenvalue weighted by molar-refractivity contribution is 6.13. The van der Waals surface area contributed by atoms with E-state index >= 15 is 0 Å². The van der Waals surface area contributed by atoms with Crippen molar-refractivity contribution in [2.45, 2.75) is 13.3 Å². The molecule has 0 aliphatic carbocycles. The number of hydrogen-bond donors (Lipinski definition) is 1. The largest absolute Gasteiger partial charge is 0.457 e. The fourth-order valence-electron chi connectivity index (χ4n) is 3.85. The summed E-state index contributed by atoms with van der Waals surface area (Å²) in [7, 11) is 0. The highest BCUT2D eigenvalue weighted by atomic mass is 16.5. The van der Waals surface area contributed by atoms with Crippen LogP contribution >= 0.6 is 0 Å². The highest BCUT2D eigenvalue weighted by Crippen LogP contribution is 2.27. The first kappa shape index (κ1) is 21.4. The molecular formula is C30H24N2O2. The molecule has 1 amide bonds. The molecule has 0 saturated carbocycles. The van der Waals surface area contributed by atoms with Crippen LogP contribution in [0.3, 0.4) is 0 Å². The molecule has 166 valence electrons. The van der Waals surface area contributed by atoms with E-state index < -0.39 is 0 Å². The summed E-state index contributed by atoms with van der Waals surface area (Å²) in [5.74, 6) is 1.29. The quantitative estimate of drug-likeness (QED) is 0.295. The first-order valence-corrected chi connectivity index (χ1v) is 11.3. The lowest BCUT2D eigenvalue weighted by molar-refractivity contribution is 0.102. The molecule has 34 heavy (non-hydrogen) atoms. The van der Waals surface area contributed by atoms with Crippen molar-refractivity contribution in [1.29, 1.82) is 0 Å². The maximum Gasteiger partial charge on any atom is 0.256 e. The lowest BCUT2D eigenvalue weighted by Crippen LogP contribution is -2.13. The van der Waals surface area contributed by atoms with Gasteiger partial charge in [-0.25, -0.2) is 4.98 Å². The van der Waals surface area contributed by atoms with E-state index in [9.17, 15) is 4.79 Å². The number of pyridine rings is 1. The predicted octanol–water partition coefficient (Wildman–Crippen LogP) is 7.51. The van der Waals surface area contributed by atoms with Crippen LogP contribution in [-0.2, 0) is 6.42 Å². The van der Waals surface area contributed by atoms with Gasteiger partial charge in [0.2, 0.25) is 0 Å². The second-order valence-electron chi connectivity index (χ2n) is 8.02. The van der Waals surface area contributed by atoms with Gasteiger partial charge in [-0.15, -0.1) is 0 Å². The van der Waals surface area contributed by atoms with Crippen LogP contribution in [0.4, 0.5) is 5.69 Å². The van der Waals surface area contributed by atoms with Gasteiger partial charge in [0.15, 0.2) is 0 Å². The third kappa shape index (κ3) is 4.66. The minimum Gasteiger partial charge on any atom is -0.457 e. The Bertz CT molecular complexity index is 1430.